The molecular formula is C16H22F6O4S2Si. The summed E-state index contributed by atoms with van der Waals surface area (Å²) in [5, 5.41) is 1.48. The Labute approximate surface area is 169 Å². The van der Waals surface area contributed by atoms with Crippen molar-refractivity contribution in [2.75, 3.05) is 24.3 Å². The monoisotopic (exact) mass is 484 g/mol. The summed E-state index contributed by atoms with van der Waals surface area (Å²) in [4.78, 5) is 0. The molecule has 1 heterocycles. The van der Waals surface area contributed by atoms with Gasteiger partial charge in [-0.05, 0) is 23.0 Å². The molecule has 2 rings (SSSR count). The number of alkyl halides is 6. The standard InChI is InChI=1S/C15H22F3OSSi.CHF3O3S/c1-21(2,3)11-20-9-8-19-10-14(20)12-4-6-13(7-5-12)15(16,17)18;2-1(3,4)8(5,6)7/h4-7,14H,8-11H2,1-3H3;(H,5,6,7)/q+1;/p-1. The van der Waals surface area contributed by atoms with Crippen LogP contribution >= 0.6 is 0 Å². The van der Waals surface area contributed by atoms with Crippen molar-refractivity contribution in [1.82, 2.24) is 0 Å². The summed E-state index contributed by atoms with van der Waals surface area (Å²) in [6, 6.07) is 5.65. The molecule has 0 amide bonds. The highest BCUT2D eigenvalue weighted by Gasteiger charge is 2.40. The third-order valence-electron chi connectivity index (χ3n) is 3.67. The minimum Gasteiger partial charge on any atom is -0.741 e. The third-order valence-corrected chi connectivity index (χ3v) is 11.1. The fraction of sp³-hybridized carbons (Fsp3) is 0.625. The predicted molar refractivity (Wildman–Crippen MR) is 101 cm³/mol. The quantitative estimate of drug-likeness (QED) is 0.211. The van der Waals surface area contributed by atoms with Crippen molar-refractivity contribution in [3.05, 3.63) is 35.4 Å². The molecule has 0 aromatic heterocycles. The lowest BCUT2D eigenvalue weighted by Crippen LogP contribution is -2.41. The fourth-order valence-electron chi connectivity index (χ4n) is 2.50. The molecule has 1 aliphatic rings. The van der Waals surface area contributed by atoms with Gasteiger partial charge in [-0.25, -0.2) is 8.42 Å². The molecule has 0 bridgehead atoms. The Bertz CT molecular complexity index is 758. The van der Waals surface area contributed by atoms with Gasteiger partial charge in [-0.2, -0.15) is 26.3 Å². The van der Waals surface area contributed by atoms with Gasteiger partial charge in [0.15, 0.2) is 15.4 Å². The van der Waals surface area contributed by atoms with E-state index in [0.29, 0.717) is 6.61 Å². The molecule has 2 atom stereocenters. The van der Waals surface area contributed by atoms with Crippen molar-refractivity contribution >= 4 is 29.1 Å². The van der Waals surface area contributed by atoms with Crippen LogP contribution in [0.1, 0.15) is 16.4 Å². The molecule has 1 fully saturated rings. The summed E-state index contributed by atoms with van der Waals surface area (Å²) in [7, 11) is -7.05. The highest BCUT2D eigenvalue weighted by atomic mass is 32.2. The number of ether oxygens (including phenoxy) is 1. The number of rotatable bonds is 3. The van der Waals surface area contributed by atoms with E-state index in [-0.39, 0.29) is 16.1 Å². The second kappa shape index (κ2) is 9.58. The van der Waals surface area contributed by atoms with E-state index in [1.54, 1.807) is 12.1 Å². The van der Waals surface area contributed by atoms with Crippen LogP contribution in [0.2, 0.25) is 19.6 Å². The third kappa shape index (κ3) is 8.86. The van der Waals surface area contributed by atoms with E-state index in [1.807, 2.05) is 0 Å². The highest BCUT2D eigenvalue weighted by Crippen LogP contribution is 2.34. The molecule has 4 nitrogen and oxygen atoms in total. The minimum atomic E-state index is -6.09. The van der Waals surface area contributed by atoms with Crippen molar-refractivity contribution in [1.29, 1.82) is 0 Å². The van der Waals surface area contributed by atoms with E-state index in [1.165, 1.54) is 17.5 Å². The van der Waals surface area contributed by atoms with Gasteiger partial charge < -0.3 is 9.29 Å². The first-order chi connectivity index (χ1) is 12.9. The van der Waals surface area contributed by atoms with Crippen molar-refractivity contribution in [3.63, 3.8) is 0 Å². The van der Waals surface area contributed by atoms with Crippen LogP contribution in [0, 0.1) is 0 Å². The SMILES string of the molecule is C[Si](C)(C)C[S+]1CCOCC1c1ccc(C(F)(F)F)cc1.O=S(=O)([O-])C(F)(F)F. The van der Waals surface area contributed by atoms with Crippen molar-refractivity contribution in [3.8, 4) is 0 Å². The number of hydrogen-bond donors (Lipinski definition) is 0. The van der Waals surface area contributed by atoms with Gasteiger partial charge in [0.05, 0.1) is 24.2 Å². The lowest BCUT2D eigenvalue weighted by Gasteiger charge is -2.28. The minimum absolute atomic E-state index is 0.225. The lowest BCUT2D eigenvalue weighted by molar-refractivity contribution is -0.137. The summed E-state index contributed by atoms with van der Waals surface area (Å²) < 4.78 is 102. The molecule has 13 heteroatoms. The van der Waals surface area contributed by atoms with E-state index >= 15 is 0 Å². The van der Waals surface area contributed by atoms with Crippen molar-refractivity contribution in [2.45, 2.75) is 36.6 Å². The van der Waals surface area contributed by atoms with Crippen LogP contribution in [0.4, 0.5) is 26.3 Å². The van der Waals surface area contributed by atoms with Gasteiger partial charge in [0.1, 0.15) is 13.8 Å². The van der Waals surface area contributed by atoms with Crippen molar-refractivity contribution < 1.29 is 44.0 Å². The predicted octanol–water partition coefficient (Wildman–Crippen LogP) is 4.32. The summed E-state index contributed by atoms with van der Waals surface area (Å²) in [5.41, 5.74) is -5.23. The maximum Gasteiger partial charge on any atom is 0.485 e. The Kier molecular flexibility index (Phi) is 8.68. The molecule has 1 aromatic rings. The average molecular weight is 485 g/mol. The highest BCUT2D eigenvalue weighted by molar-refractivity contribution is 7.98. The van der Waals surface area contributed by atoms with Crippen LogP contribution in [0.25, 0.3) is 0 Å². The van der Waals surface area contributed by atoms with E-state index < -0.39 is 35.4 Å². The van der Waals surface area contributed by atoms with Gasteiger partial charge in [0.25, 0.3) is 0 Å². The van der Waals surface area contributed by atoms with Crippen LogP contribution in [-0.4, -0.2) is 50.9 Å². The molecular weight excluding hydrogens is 462 g/mol. The topological polar surface area (TPSA) is 66.4 Å². The molecule has 1 saturated heterocycles. The van der Waals surface area contributed by atoms with Gasteiger partial charge in [0.2, 0.25) is 0 Å². The van der Waals surface area contributed by atoms with Gasteiger partial charge in [-0.1, -0.05) is 31.8 Å². The number of benzene rings is 1. The van der Waals surface area contributed by atoms with Gasteiger partial charge in [-0.15, -0.1) is 0 Å². The summed E-state index contributed by atoms with van der Waals surface area (Å²) in [6.45, 7) is 8.46. The largest absolute Gasteiger partial charge is 0.741 e. The van der Waals surface area contributed by atoms with E-state index in [2.05, 4.69) is 19.6 Å². The second-order valence-corrected chi connectivity index (χ2v) is 17.2. The molecule has 0 aliphatic carbocycles. The zero-order valence-corrected chi connectivity index (χ0v) is 18.6. The maximum absolute atomic E-state index is 12.6. The number of hydrogen-bond acceptors (Lipinski definition) is 4. The molecule has 0 N–H and O–H groups in total. The van der Waals surface area contributed by atoms with Gasteiger partial charge in [0, 0.05) is 5.56 Å². The first-order valence-corrected chi connectivity index (χ1v) is 15.1. The Morgan fingerprint density at radius 1 is 1.10 bits per heavy atom. The second-order valence-electron chi connectivity index (χ2n) is 7.53. The summed E-state index contributed by atoms with van der Waals surface area (Å²) >= 11 is 0. The first kappa shape index (κ1) is 26.3. The zero-order chi connectivity index (χ0) is 22.7. The molecule has 168 valence electrons. The molecule has 29 heavy (non-hydrogen) atoms. The molecule has 1 aromatic carbocycles. The van der Waals surface area contributed by atoms with E-state index in [0.717, 1.165) is 17.9 Å². The van der Waals surface area contributed by atoms with E-state index in [9.17, 15) is 26.3 Å². The Morgan fingerprint density at radius 3 is 1.97 bits per heavy atom. The van der Waals surface area contributed by atoms with Crippen LogP contribution in [0.3, 0.4) is 0 Å². The first-order valence-electron chi connectivity index (χ1n) is 8.35. The fourth-order valence-corrected chi connectivity index (χ4v) is 9.78. The zero-order valence-electron chi connectivity index (χ0n) is 15.9. The molecule has 0 saturated carbocycles. The normalized spacial score (nSPS) is 21.3. The van der Waals surface area contributed by atoms with E-state index in [4.69, 9.17) is 17.7 Å². The Morgan fingerprint density at radius 2 is 1.59 bits per heavy atom. The van der Waals surface area contributed by atoms with Crippen LogP contribution in [-0.2, 0) is 31.9 Å². The smallest absolute Gasteiger partial charge is 0.485 e. The maximum atomic E-state index is 12.6. The Hall–Kier alpha value is -0.763. The molecule has 2 unspecified atom stereocenters. The average Bonchev–Trinajstić information content (AvgIpc) is 2.52. The van der Waals surface area contributed by atoms with Crippen molar-refractivity contribution in [2.24, 2.45) is 0 Å². The van der Waals surface area contributed by atoms with Gasteiger partial charge >= 0.3 is 11.7 Å². The summed E-state index contributed by atoms with van der Waals surface area (Å²) in [6.07, 6.45) is -4.26. The number of halogens is 6. The van der Waals surface area contributed by atoms with Gasteiger partial charge in [-0.3, -0.25) is 0 Å². The Balaban J connectivity index is 0.000000447. The lowest BCUT2D eigenvalue weighted by atomic mass is 10.1. The molecule has 0 radical (unpaired) electrons. The van der Waals surface area contributed by atoms with Crippen LogP contribution < -0.4 is 0 Å². The van der Waals surface area contributed by atoms with Crippen LogP contribution in [0.15, 0.2) is 24.3 Å². The summed E-state index contributed by atoms with van der Waals surface area (Å²) in [5.74, 6) is 1.04. The molecule has 1 aliphatic heterocycles. The van der Waals surface area contributed by atoms with Crippen LogP contribution in [0.5, 0.6) is 0 Å². The molecule has 0 spiro atoms.